The summed E-state index contributed by atoms with van der Waals surface area (Å²) in [5, 5.41) is 0. The number of piperidine rings is 1. The molecule has 0 spiro atoms. The summed E-state index contributed by atoms with van der Waals surface area (Å²) in [6, 6.07) is 0.435. The molecule has 0 aliphatic carbocycles. The van der Waals surface area contributed by atoms with E-state index in [1.807, 2.05) is 0 Å². The summed E-state index contributed by atoms with van der Waals surface area (Å²) < 4.78 is 18.8. The van der Waals surface area contributed by atoms with Gasteiger partial charge in [0.15, 0.2) is 0 Å². The minimum Gasteiger partial charge on any atom is -0.344 e. The van der Waals surface area contributed by atoms with Gasteiger partial charge in [-0.15, -0.1) is 0 Å². The standard InChI is InChI=1S/C9H16FNO/c1-7(2)11-4-8-3-9(10,6-11)12-5-8/h7-8H,3-6H2,1-2H3/t8-,9+/m0/s1. The molecule has 2 atom stereocenters. The number of ether oxygens (including phenoxy) is 1. The summed E-state index contributed by atoms with van der Waals surface area (Å²) in [6.45, 7) is 6.28. The van der Waals surface area contributed by atoms with E-state index in [4.69, 9.17) is 4.74 Å². The molecule has 0 saturated carbocycles. The molecule has 0 aromatic heterocycles. The molecule has 2 saturated heterocycles. The third kappa shape index (κ3) is 1.36. The smallest absolute Gasteiger partial charge is 0.222 e. The van der Waals surface area contributed by atoms with Crippen molar-refractivity contribution in [2.75, 3.05) is 19.7 Å². The minimum absolute atomic E-state index is 0.422. The highest BCUT2D eigenvalue weighted by Crippen LogP contribution is 2.37. The van der Waals surface area contributed by atoms with Gasteiger partial charge in [-0.2, -0.15) is 0 Å². The fraction of sp³-hybridized carbons (Fsp3) is 1.00. The molecule has 0 aromatic rings. The second-order valence-corrected chi connectivity index (χ2v) is 4.29. The van der Waals surface area contributed by atoms with E-state index in [2.05, 4.69) is 18.7 Å². The zero-order valence-electron chi connectivity index (χ0n) is 7.72. The van der Waals surface area contributed by atoms with Crippen LogP contribution in [0.25, 0.3) is 0 Å². The number of alkyl halides is 1. The molecule has 0 amide bonds. The van der Waals surface area contributed by atoms with Crippen LogP contribution in [0.15, 0.2) is 0 Å². The highest BCUT2D eigenvalue weighted by atomic mass is 19.2. The first kappa shape index (κ1) is 8.45. The summed E-state index contributed by atoms with van der Waals surface area (Å²) in [5.74, 6) is -0.904. The average Bonchev–Trinajstić information content (AvgIpc) is 2.25. The molecule has 2 aliphatic rings. The predicted octanol–water partition coefficient (Wildman–Crippen LogP) is 1.41. The van der Waals surface area contributed by atoms with Crippen LogP contribution in [0.1, 0.15) is 20.3 Å². The van der Waals surface area contributed by atoms with Gasteiger partial charge in [0.05, 0.1) is 13.2 Å². The monoisotopic (exact) mass is 173 g/mol. The molecular formula is C9H16FNO. The molecule has 0 aromatic carbocycles. The lowest BCUT2D eigenvalue weighted by atomic mass is 9.97. The number of halogens is 1. The lowest BCUT2D eigenvalue weighted by Gasteiger charge is -2.36. The second kappa shape index (κ2) is 2.67. The maximum Gasteiger partial charge on any atom is 0.222 e. The molecule has 2 bridgehead atoms. The Labute approximate surface area is 72.7 Å². The molecule has 0 radical (unpaired) electrons. The first-order valence-electron chi connectivity index (χ1n) is 4.66. The van der Waals surface area contributed by atoms with Crippen LogP contribution in [0, 0.1) is 5.92 Å². The third-order valence-electron chi connectivity index (χ3n) is 2.83. The van der Waals surface area contributed by atoms with Crippen LogP contribution in [-0.2, 0) is 4.74 Å². The van der Waals surface area contributed by atoms with E-state index in [1.165, 1.54) is 0 Å². The van der Waals surface area contributed by atoms with Gasteiger partial charge in [-0.3, -0.25) is 4.90 Å². The van der Waals surface area contributed by atoms with Crippen LogP contribution in [-0.4, -0.2) is 36.5 Å². The van der Waals surface area contributed by atoms with Crippen molar-refractivity contribution in [3.8, 4) is 0 Å². The Balaban J connectivity index is 2.06. The second-order valence-electron chi connectivity index (χ2n) is 4.29. The van der Waals surface area contributed by atoms with Gasteiger partial charge in [0.2, 0.25) is 5.85 Å². The maximum atomic E-state index is 13.7. The number of hydrogen-bond acceptors (Lipinski definition) is 2. The van der Waals surface area contributed by atoms with Crippen molar-refractivity contribution in [3.63, 3.8) is 0 Å². The zero-order valence-corrected chi connectivity index (χ0v) is 7.72. The number of rotatable bonds is 1. The summed E-state index contributed by atoms with van der Waals surface area (Å²) >= 11 is 0. The zero-order chi connectivity index (χ0) is 8.77. The van der Waals surface area contributed by atoms with Crippen molar-refractivity contribution in [2.24, 2.45) is 5.92 Å². The van der Waals surface area contributed by atoms with E-state index < -0.39 is 5.85 Å². The van der Waals surface area contributed by atoms with Gasteiger partial charge in [0.25, 0.3) is 0 Å². The van der Waals surface area contributed by atoms with Crippen molar-refractivity contribution in [3.05, 3.63) is 0 Å². The van der Waals surface area contributed by atoms with Gasteiger partial charge in [-0.1, -0.05) is 0 Å². The Kier molecular flexibility index (Phi) is 1.88. The van der Waals surface area contributed by atoms with Gasteiger partial charge in [0.1, 0.15) is 0 Å². The van der Waals surface area contributed by atoms with Crippen LogP contribution in [0.3, 0.4) is 0 Å². The molecule has 2 rings (SSSR count). The fourth-order valence-electron chi connectivity index (χ4n) is 2.14. The van der Waals surface area contributed by atoms with Gasteiger partial charge < -0.3 is 4.74 Å². The van der Waals surface area contributed by atoms with Gasteiger partial charge in [-0.05, 0) is 13.8 Å². The van der Waals surface area contributed by atoms with Gasteiger partial charge >= 0.3 is 0 Å². The lowest BCUT2D eigenvalue weighted by Crippen LogP contribution is -2.47. The maximum absolute atomic E-state index is 13.7. The number of hydrogen-bond donors (Lipinski definition) is 0. The van der Waals surface area contributed by atoms with Crippen molar-refractivity contribution in [2.45, 2.75) is 32.2 Å². The number of likely N-dealkylation sites (tertiary alicyclic amines) is 1. The highest BCUT2D eigenvalue weighted by molar-refractivity contribution is 4.91. The van der Waals surface area contributed by atoms with Crippen LogP contribution in [0.4, 0.5) is 4.39 Å². The molecule has 2 fully saturated rings. The first-order valence-corrected chi connectivity index (χ1v) is 4.66. The van der Waals surface area contributed by atoms with Crippen molar-refractivity contribution < 1.29 is 9.13 Å². The minimum atomic E-state index is -1.33. The van der Waals surface area contributed by atoms with E-state index in [0.717, 1.165) is 6.54 Å². The van der Waals surface area contributed by atoms with E-state index in [9.17, 15) is 4.39 Å². The first-order chi connectivity index (χ1) is 5.59. The Morgan fingerprint density at radius 3 is 2.92 bits per heavy atom. The van der Waals surface area contributed by atoms with Crippen molar-refractivity contribution in [1.29, 1.82) is 0 Å². The van der Waals surface area contributed by atoms with Crippen LogP contribution in [0.5, 0.6) is 0 Å². The van der Waals surface area contributed by atoms with E-state index in [0.29, 0.717) is 31.5 Å². The summed E-state index contributed by atoms with van der Waals surface area (Å²) in [4.78, 5) is 2.17. The molecule has 2 heterocycles. The number of nitrogens with zero attached hydrogens (tertiary/aromatic N) is 1. The van der Waals surface area contributed by atoms with E-state index in [-0.39, 0.29) is 0 Å². The fourth-order valence-corrected chi connectivity index (χ4v) is 2.14. The van der Waals surface area contributed by atoms with Crippen molar-refractivity contribution >= 4 is 0 Å². The Morgan fingerprint density at radius 2 is 2.33 bits per heavy atom. The summed E-state index contributed by atoms with van der Waals surface area (Å²) in [5.41, 5.74) is 0. The molecule has 12 heavy (non-hydrogen) atoms. The number of fused-ring (bicyclic) bond motifs is 2. The van der Waals surface area contributed by atoms with Gasteiger partial charge in [-0.25, -0.2) is 4.39 Å². The molecule has 2 nitrogen and oxygen atoms in total. The SMILES string of the molecule is CC(C)N1C[C@H]2CO[C@](F)(C2)C1. The quantitative estimate of drug-likeness (QED) is 0.594. The summed E-state index contributed by atoms with van der Waals surface area (Å²) in [6.07, 6.45) is 0.607. The Hall–Kier alpha value is -0.150. The molecule has 3 heteroatoms. The normalized spacial score (nSPS) is 42.5. The van der Waals surface area contributed by atoms with Crippen LogP contribution in [0.2, 0.25) is 0 Å². The lowest BCUT2D eigenvalue weighted by molar-refractivity contribution is -0.126. The third-order valence-corrected chi connectivity index (χ3v) is 2.83. The van der Waals surface area contributed by atoms with Crippen molar-refractivity contribution in [1.82, 2.24) is 4.90 Å². The molecular weight excluding hydrogens is 157 g/mol. The summed E-state index contributed by atoms with van der Waals surface area (Å²) in [7, 11) is 0. The van der Waals surface area contributed by atoms with E-state index >= 15 is 0 Å². The average molecular weight is 173 g/mol. The Morgan fingerprint density at radius 1 is 1.58 bits per heavy atom. The van der Waals surface area contributed by atoms with Crippen LogP contribution < -0.4 is 0 Å². The highest BCUT2D eigenvalue weighted by Gasteiger charge is 2.47. The topological polar surface area (TPSA) is 12.5 Å². The molecule has 0 unspecified atom stereocenters. The predicted molar refractivity (Wildman–Crippen MR) is 44.6 cm³/mol. The van der Waals surface area contributed by atoms with E-state index in [1.54, 1.807) is 0 Å². The molecule has 0 N–H and O–H groups in total. The largest absolute Gasteiger partial charge is 0.344 e. The Bertz CT molecular complexity index is 185. The molecule has 2 aliphatic heterocycles. The van der Waals surface area contributed by atoms with Gasteiger partial charge in [0, 0.05) is 24.9 Å². The van der Waals surface area contributed by atoms with Crippen LogP contribution >= 0.6 is 0 Å². The molecule has 70 valence electrons.